The molecule has 0 aliphatic carbocycles. The molecule has 1 aromatic heterocycles. The molecule has 0 radical (unpaired) electrons. The van der Waals surface area contributed by atoms with Crippen molar-refractivity contribution in [2.24, 2.45) is 0 Å². The van der Waals surface area contributed by atoms with Gasteiger partial charge in [-0.1, -0.05) is 0 Å². The fraction of sp³-hybridized carbons (Fsp3) is 0.0769. The number of rotatable bonds is 4. The highest BCUT2D eigenvalue weighted by Gasteiger charge is 2.07. The van der Waals surface area contributed by atoms with Crippen molar-refractivity contribution in [2.75, 3.05) is 0 Å². The first-order chi connectivity index (χ1) is 8.72. The molecule has 0 fully saturated rings. The topological polar surface area (TPSA) is 63.2 Å². The van der Waals surface area contributed by atoms with Crippen LogP contribution in [0.4, 0.5) is 4.39 Å². The molecule has 18 heavy (non-hydrogen) atoms. The molecule has 90 valence electrons. The molecular weight excluding hydrogens is 237 g/mol. The number of hydrogen-bond acceptors (Lipinski definition) is 4. The first-order valence-electron chi connectivity index (χ1n) is 5.09. The fourth-order valence-corrected chi connectivity index (χ4v) is 1.37. The van der Waals surface area contributed by atoms with E-state index in [1.165, 1.54) is 18.2 Å². The molecule has 0 spiro atoms. The Morgan fingerprint density at radius 2 is 2.22 bits per heavy atom. The van der Waals surface area contributed by atoms with Crippen LogP contribution < -0.4 is 4.74 Å². The lowest BCUT2D eigenvalue weighted by Crippen LogP contribution is -1.96. The quantitative estimate of drug-likeness (QED) is 0.777. The summed E-state index contributed by atoms with van der Waals surface area (Å²) in [4.78, 5) is 10.4. The van der Waals surface area contributed by atoms with Crippen LogP contribution in [0, 0.1) is 17.1 Å². The number of aldehydes is 1. The van der Waals surface area contributed by atoms with E-state index in [9.17, 15) is 9.18 Å². The van der Waals surface area contributed by atoms with Crippen LogP contribution in [0.3, 0.4) is 0 Å². The molecule has 5 heteroatoms. The van der Waals surface area contributed by atoms with Gasteiger partial charge in [-0.05, 0) is 30.3 Å². The van der Waals surface area contributed by atoms with Crippen molar-refractivity contribution in [1.29, 1.82) is 5.26 Å². The van der Waals surface area contributed by atoms with Gasteiger partial charge in [-0.25, -0.2) is 4.39 Å². The van der Waals surface area contributed by atoms with Gasteiger partial charge in [-0.15, -0.1) is 0 Å². The summed E-state index contributed by atoms with van der Waals surface area (Å²) >= 11 is 0. The Morgan fingerprint density at radius 3 is 2.83 bits per heavy atom. The molecule has 0 saturated carbocycles. The summed E-state index contributed by atoms with van der Waals surface area (Å²) in [5, 5.41) is 8.59. The van der Waals surface area contributed by atoms with E-state index in [2.05, 4.69) is 0 Å². The minimum Gasteiger partial charge on any atom is -0.483 e. The lowest BCUT2D eigenvalue weighted by molar-refractivity contribution is 0.109. The van der Waals surface area contributed by atoms with Crippen molar-refractivity contribution >= 4 is 6.29 Å². The van der Waals surface area contributed by atoms with Crippen molar-refractivity contribution in [3.63, 3.8) is 0 Å². The Bertz CT molecular complexity index is 613. The molecule has 1 aromatic carbocycles. The Balaban J connectivity index is 2.06. The second-order valence-corrected chi connectivity index (χ2v) is 3.47. The number of benzene rings is 1. The lowest BCUT2D eigenvalue weighted by atomic mass is 10.2. The van der Waals surface area contributed by atoms with Crippen molar-refractivity contribution < 1.29 is 18.3 Å². The maximum Gasteiger partial charge on any atom is 0.185 e. The van der Waals surface area contributed by atoms with Crippen LogP contribution in [-0.2, 0) is 6.61 Å². The summed E-state index contributed by atoms with van der Waals surface area (Å²) in [6.07, 6.45) is 0.575. The Morgan fingerprint density at radius 1 is 1.39 bits per heavy atom. The predicted molar refractivity (Wildman–Crippen MR) is 59.5 cm³/mol. The summed E-state index contributed by atoms with van der Waals surface area (Å²) in [5.41, 5.74) is 0.223. The van der Waals surface area contributed by atoms with Gasteiger partial charge >= 0.3 is 0 Å². The molecule has 0 aliphatic rings. The number of hydrogen-bond donors (Lipinski definition) is 0. The van der Waals surface area contributed by atoms with Crippen molar-refractivity contribution in [1.82, 2.24) is 0 Å². The van der Waals surface area contributed by atoms with E-state index in [1.54, 1.807) is 6.07 Å². The lowest BCUT2D eigenvalue weighted by Gasteiger charge is -2.05. The van der Waals surface area contributed by atoms with Crippen molar-refractivity contribution in [3.8, 4) is 11.8 Å². The maximum atomic E-state index is 13.4. The highest BCUT2D eigenvalue weighted by Crippen LogP contribution is 2.19. The molecule has 1 heterocycles. The highest BCUT2D eigenvalue weighted by atomic mass is 19.1. The van der Waals surface area contributed by atoms with Gasteiger partial charge in [-0.2, -0.15) is 5.26 Å². The third kappa shape index (κ3) is 2.55. The van der Waals surface area contributed by atoms with Gasteiger partial charge in [0.05, 0.1) is 11.6 Å². The second kappa shape index (κ2) is 5.15. The SMILES string of the molecule is N#Cc1ccc(OCc2ccc(C=O)o2)c(F)c1. The van der Waals surface area contributed by atoms with Crippen LogP contribution in [-0.4, -0.2) is 6.29 Å². The van der Waals surface area contributed by atoms with E-state index in [0.29, 0.717) is 12.0 Å². The molecule has 2 rings (SSSR count). The number of nitrogens with zero attached hydrogens (tertiary/aromatic N) is 1. The number of furan rings is 1. The third-order valence-corrected chi connectivity index (χ3v) is 2.23. The third-order valence-electron chi connectivity index (χ3n) is 2.23. The first kappa shape index (κ1) is 11.9. The van der Waals surface area contributed by atoms with Gasteiger partial charge in [0.2, 0.25) is 0 Å². The summed E-state index contributed by atoms with van der Waals surface area (Å²) in [5.74, 6) is 0.0176. The van der Waals surface area contributed by atoms with Crippen LogP contribution in [0.2, 0.25) is 0 Å². The second-order valence-electron chi connectivity index (χ2n) is 3.47. The zero-order valence-electron chi connectivity index (χ0n) is 9.22. The van der Waals surface area contributed by atoms with Crippen LogP contribution in [0.1, 0.15) is 21.9 Å². The van der Waals surface area contributed by atoms with Gasteiger partial charge < -0.3 is 9.15 Å². The average Bonchev–Trinajstić information content (AvgIpc) is 2.85. The maximum absolute atomic E-state index is 13.4. The number of ether oxygens (including phenoxy) is 1. The molecule has 0 bridgehead atoms. The summed E-state index contributed by atoms with van der Waals surface area (Å²) in [7, 11) is 0. The van der Waals surface area contributed by atoms with E-state index in [-0.39, 0.29) is 23.7 Å². The van der Waals surface area contributed by atoms with Crippen LogP contribution in [0.5, 0.6) is 5.75 Å². The summed E-state index contributed by atoms with van der Waals surface area (Å²) in [6.45, 7) is 0.0106. The zero-order chi connectivity index (χ0) is 13.0. The van der Waals surface area contributed by atoms with Gasteiger partial charge in [0.25, 0.3) is 0 Å². The number of carbonyl (C=O) groups excluding carboxylic acids is 1. The normalized spacial score (nSPS) is 9.78. The van der Waals surface area contributed by atoms with Gasteiger partial charge in [0, 0.05) is 0 Å². The highest BCUT2D eigenvalue weighted by molar-refractivity contribution is 5.70. The fourth-order valence-electron chi connectivity index (χ4n) is 1.37. The number of halogens is 1. The van der Waals surface area contributed by atoms with E-state index in [0.717, 1.165) is 6.07 Å². The Kier molecular flexibility index (Phi) is 3.39. The van der Waals surface area contributed by atoms with Crippen LogP contribution >= 0.6 is 0 Å². The zero-order valence-corrected chi connectivity index (χ0v) is 9.22. The van der Waals surface area contributed by atoms with Crippen LogP contribution in [0.15, 0.2) is 34.7 Å². The smallest absolute Gasteiger partial charge is 0.185 e. The molecule has 0 amide bonds. The average molecular weight is 245 g/mol. The minimum absolute atomic E-state index is 0.0106. The van der Waals surface area contributed by atoms with Crippen molar-refractivity contribution in [3.05, 3.63) is 53.2 Å². The van der Waals surface area contributed by atoms with Gasteiger partial charge in [0.15, 0.2) is 23.6 Å². The Labute approximate surface area is 102 Å². The minimum atomic E-state index is -0.615. The summed E-state index contributed by atoms with van der Waals surface area (Å²) < 4.78 is 23.7. The molecular formula is C13H8FNO3. The molecule has 0 unspecified atom stereocenters. The number of nitriles is 1. The van der Waals surface area contributed by atoms with Crippen LogP contribution in [0.25, 0.3) is 0 Å². The van der Waals surface area contributed by atoms with E-state index < -0.39 is 5.82 Å². The molecule has 2 aromatic rings. The monoisotopic (exact) mass is 245 g/mol. The standard InChI is InChI=1S/C13H8FNO3/c14-12-5-9(6-15)1-4-13(12)17-8-11-3-2-10(7-16)18-11/h1-5,7H,8H2. The largest absolute Gasteiger partial charge is 0.483 e. The summed E-state index contributed by atoms with van der Waals surface area (Å²) in [6, 6.07) is 8.82. The van der Waals surface area contributed by atoms with E-state index >= 15 is 0 Å². The molecule has 4 nitrogen and oxygen atoms in total. The van der Waals surface area contributed by atoms with Crippen molar-refractivity contribution in [2.45, 2.75) is 6.61 Å². The number of carbonyl (C=O) groups is 1. The van der Waals surface area contributed by atoms with E-state index in [1.807, 2.05) is 6.07 Å². The first-order valence-corrected chi connectivity index (χ1v) is 5.09. The molecule has 0 saturated heterocycles. The van der Waals surface area contributed by atoms with E-state index in [4.69, 9.17) is 14.4 Å². The van der Waals surface area contributed by atoms with Gasteiger partial charge in [-0.3, -0.25) is 4.79 Å². The predicted octanol–water partition coefficient (Wildman–Crippen LogP) is 2.68. The Hall–Kier alpha value is -2.61. The molecule has 0 aliphatic heterocycles. The molecule has 0 N–H and O–H groups in total. The van der Waals surface area contributed by atoms with Gasteiger partial charge in [0.1, 0.15) is 12.4 Å². The molecule has 0 atom stereocenters.